The molecule has 0 unspecified atom stereocenters. The SMILES string of the molecule is CN(c1ccncc1)S(=O)(=O)c1cnc[nH]1. The fourth-order valence-electron chi connectivity index (χ4n) is 1.22. The highest BCUT2D eigenvalue weighted by atomic mass is 32.2. The smallest absolute Gasteiger partial charge is 0.281 e. The van der Waals surface area contributed by atoms with Crippen LogP contribution < -0.4 is 4.31 Å². The lowest BCUT2D eigenvalue weighted by Gasteiger charge is -2.17. The van der Waals surface area contributed by atoms with E-state index < -0.39 is 10.0 Å². The number of aromatic nitrogens is 3. The van der Waals surface area contributed by atoms with E-state index in [0.717, 1.165) is 0 Å². The van der Waals surface area contributed by atoms with Crippen LogP contribution in [0.2, 0.25) is 0 Å². The summed E-state index contributed by atoms with van der Waals surface area (Å²) in [6.45, 7) is 0. The zero-order valence-corrected chi connectivity index (χ0v) is 9.35. The van der Waals surface area contributed by atoms with Crippen LogP contribution in [0, 0.1) is 0 Å². The van der Waals surface area contributed by atoms with Gasteiger partial charge in [-0.2, -0.15) is 8.42 Å². The highest BCUT2D eigenvalue weighted by molar-refractivity contribution is 7.92. The predicted octanol–water partition coefficient (Wildman–Crippen LogP) is 0.630. The van der Waals surface area contributed by atoms with Crippen LogP contribution in [0.4, 0.5) is 5.69 Å². The fourth-order valence-corrected chi connectivity index (χ4v) is 2.31. The minimum absolute atomic E-state index is 0.0619. The Labute approximate surface area is 93.0 Å². The molecule has 16 heavy (non-hydrogen) atoms. The lowest BCUT2D eigenvalue weighted by molar-refractivity contribution is 0.591. The Kier molecular flexibility index (Phi) is 2.61. The molecule has 2 aromatic heterocycles. The molecular formula is C9H10N4O2S. The molecule has 0 fully saturated rings. The number of anilines is 1. The Bertz CT molecular complexity index is 550. The van der Waals surface area contributed by atoms with Gasteiger partial charge >= 0.3 is 0 Å². The topological polar surface area (TPSA) is 79.0 Å². The maximum Gasteiger partial charge on any atom is 0.281 e. The summed E-state index contributed by atoms with van der Waals surface area (Å²) in [5.74, 6) is 0. The summed E-state index contributed by atoms with van der Waals surface area (Å²) < 4.78 is 25.2. The summed E-state index contributed by atoms with van der Waals surface area (Å²) in [7, 11) is -2.08. The number of imidazole rings is 1. The average molecular weight is 238 g/mol. The van der Waals surface area contributed by atoms with Gasteiger partial charge in [0, 0.05) is 19.4 Å². The van der Waals surface area contributed by atoms with E-state index in [9.17, 15) is 8.42 Å². The molecule has 0 bridgehead atoms. The van der Waals surface area contributed by atoms with Crippen molar-refractivity contribution in [2.24, 2.45) is 0 Å². The second-order valence-electron chi connectivity index (χ2n) is 3.09. The first-order chi connectivity index (χ1) is 7.62. The van der Waals surface area contributed by atoms with Gasteiger partial charge in [-0.3, -0.25) is 9.29 Å². The Morgan fingerprint density at radius 1 is 1.25 bits per heavy atom. The second kappa shape index (κ2) is 3.93. The van der Waals surface area contributed by atoms with Crippen LogP contribution in [0.3, 0.4) is 0 Å². The number of hydrogen-bond acceptors (Lipinski definition) is 4. The Morgan fingerprint density at radius 2 is 1.94 bits per heavy atom. The Balaban J connectivity index is 2.40. The maximum absolute atomic E-state index is 12.0. The normalized spacial score (nSPS) is 11.3. The number of hydrogen-bond donors (Lipinski definition) is 1. The van der Waals surface area contributed by atoms with Crippen LogP contribution in [0.1, 0.15) is 0 Å². The van der Waals surface area contributed by atoms with Crippen molar-refractivity contribution in [1.82, 2.24) is 15.0 Å². The molecule has 2 heterocycles. The van der Waals surface area contributed by atoms with Crippen molar-refractivity contribution >= 4 is 15.7 Å². The standard InChI is InChI=1S/C9H10N4O2S/c1-13(8-2-4-10-5-3-8)16(14,15)9-6-11-7-12-9/h2-7H,1H3,(H,11,12). The van der Waals surface area contributed by atoms with Crippen molar-refractivity contribution in [1.29, 1.82) is 0 Å². The van der Waals surface area contributed by atoms with Gasteiger partial charge in [-0.25, -0.2) is 4.98 Å². The number of aromatic amines is 1. The summed E-state index contributed by atoms with van der Waals surface area (Å²) >= 11 is 0. The number of rotatable bonds is 3. The average Bonchev–Trinajstić information content (AvgIpc) is 2.83. The molecule has 0 aliphatic heterocycles. The first-order valence-corrected chi connectivity index (χ1v) is 5.94. The van der Waals surface area contributed by atoms with E-state index >= 15 is 0 Å². The van der Waals surface area contributed by atoms with Gasteiger partial charge in [0.25, 0.3) is 10.0 Å². The van der Waals surface area contributed by atoms with E-state index in [2.05, 4.69) is 15.0 Å². The van der Waals surface area contributed by atoms with Gasteiger partial charge < -0.3 is 4.98 Å². The van der Waals surface area contributed by atoms with Crippen LogP contribution in [0.25, 0.3) is 0 Å². The van der Waals surface area contributed by atoms with E-state index in [1.165, 1.54) is 36.3 Å². The number of H-pyrrole nitrogens is 1. The van der Waals surface area contributed by atoms with Crippen molar-refractivity contribution in [3.05, 3.63) is 37.1 Å². The van der Waals surface area contributed by atoms with Crippen molar-refractivity contribution < 1.29 is 8.42 Å². The van der Waals surface area contributed by atoms with Crippen molar-refractivity contribution in [3.63, 3.8) is 0 Å². The molecule has 0 amide bonds. The molecule has 6 nitrogen and oxygen atoms in total. The number of nitrogens with zero attached hydrogens (tertiary/aromatic N) is 3. The second-order valence-corrected chi connectivity index (χ2v) is 5.03. The van der Waals surface area contributed by atoms with E-state index in [1.54, 1.807) is 12.1 Å². The summed E-state index contributed by atoms with van der Waals surface area (Å²) in [5.41, 5.74) is 0.546. The number of pyridine rings is 1. The molecule has 84 valence electrons. The zero-order valence-electron chi connectivity index (χ0n) is 8.53. The molecule has 0 spiro atoms. The largest absolute Gasteiger partial charge is 0.334 e. The molecule has 2 rings (SSSR count). The van der Waals surface area contributed by atoms with Gasteiger partial charge in [-0.1, -0.05) is 0 Å². The fraction of sp³-hybridized carbons (Fsp3) is 0.111. The third kappa shape index (κ3) is 1.76. The molecular weight excluding hydrogens is 228 g/mol. The molecule has 2 aromatic rings. The van der Waals surface area contributed by atoms with Crippen molar-refractivity contribution in [3.8, 4) is 0 Å². The van der Waals surface area contributed by atoms with Crippen molar-refractivity contribution in [2.45, 2.75) is 5.03 Å². The van der Waals surface area contributed by atoms with Crippen LogP contribution in [-0.4, -0.2) is 30.4 Å². The van der Waals surface area contributed by atoms with E-state index in [-0.39, 0.29) is 5.03 Å². The molecule has 0 saturated carbocycles. The lowest BCUT2D eigenvalue weighted by atomic mass is 10.4. The Morgan fingerprint density at radius 3 is 2.50 bits per heavy atom. The number of sulfonamides is 1. The molecule has 7 heteroatoms. The molecule has 0 aliphatic rings. The van der Waals surface area contributed by atoms with Crippen LogP contribution in [-0.2, 0) is 10.0 Å². The van der Waals surface area contributed by atoms with E-state index in [0.29, 0.717) is 5.69 Å². The predicted molar refractivity (Wildman–Crippen MR) is 58.4 cm³/mol. The molecule has 0 radical (unpaired) electrons. The highest BCUT2D eigenvalue weighted by Crippen LogP contribution is 2.18. The van der Waals surface area contributed by atoms with Gasteiger partial charge in [0.2, 0.25) is 0 Å². The van der Waals surface area contributed by atoms with Crippen molar-refractivity contribution in [2.75, 3.05) is 11.4 Å². The Hall–Kier alpha value is -1.89. The van der Waals surface area contributed by atoms with Gasteiger partial charge in [0.1, 0.15) is 0 Å². The van der Waals surface area contributed by atoms with Crippen LogP contribution >= 0.6 is 0 Å². The van der Waals surface area contributed by atoms with Gasteiger partial charge in [-0.05, 0) is 12.1 Å². The lowest BCUT2D eigenvalue weighted by Crippen LogP contribution is -2.26. The molecule has 0 aliphatic carbocycles. The summed E-state index contributed by atoms with van der Waals surface area (Å²) in [5, 5.41) is 0.0619. The molecule has 0 atom stereocenters. The third-order valence-electron chi connectivity index (χ3n) is 2.14. The zero-order chi connectivity index (χ0) is 11.6. The molecule has 0 saturated heterocycles. The quantitative estimate of drug-likeness (QED) is 0.850. The minimum atomic E-state index is -3.56. The van der Waals surface area contributed by atoms with Gasteiger partial charge in [-0.15, -0.1) is 0 Å². The highest BCUT2D eigenvalue weighted by Gasteiger charge is 2.22. The molecule has 0 aromatic carbocycles. The first kappa shape index (κ1) is 10.6. The van der Waals surface area contributed by atoms with E-state index in [4.69, 9.17) is 0 Å². The number of nitrogens with one attached hydrogen (secondary N) is 1. The first-order valence-electron chi connectivity index (χ1n) is 4.50. The van der Waals surface area contributed by atoms with Crippen LogP contribution in [0.15, 0.2) is 42.1 Å². The summed E-state index contributed by atoms with van der Waals surface area (Å²) in [6, 6.07) is 3.24. The maximum atomic E-state index is 12.0. The summed E-state index contributed by atoms with van der Waals surface area (Å²) in [6.07, 6.45) is 5.67. The third-order valence-corrected chi connectivity index (χ3v) is 3.85. The summed E-state index contributed by atoms with van der Waals surface area (Å²) in [4.78, 5) is 10.1. The van der Waals surface area contributed by atoms with Gasteiger partial charge in [0.05, 0.1) is 18.2 Å². The minimum Gasteiger partial charge on any atom is -0.334 e. The van der Waals surface area contributed by atoms with E-state index in [1.807, 2.05) is 0 Å². The van der Waals surface area contributed by atoms with Gasteiger partial charge in [0.15, 0.2) is 5.03 Å². The monoisotopic (exact) mass is 238 g/mol. The molecule has 1 N–H and O–H groups in total. The van der Waals surface area contributed by atoms with Crippen LogP contribution in [0.5, 0.6) is 0 Å².